The summed E-state index contributed by atoms with van der Waals surface area (Å²) >= 11 is 5.99. The van der Waals surface area contributed by atoms with Gasteiger partial charge in [0.05, 0.1) is 24.2 Å². The van der Waals surface area contributed by atoms with Crippen LogP contribution in [0.2, 0.25) is 5.02 Å². The number of nitrogens with zero attached hydrogens (tertiary/aromatic N) is 8. The van der Waals surface area contributed by atoms with E-state index in [0.29, 0.717) is 5.82 Å². The molecular weight excluding hydrogens is 477 g/mol. The van der Waals surface area contributed by atoms with Crippen LogP contribution in [0.3, 0.4) is 0 Å². The fraction of sp³-hybridized carbons (Fsp3) is 0.250. The van der Waals surface area contributed by atoms with Gasteiger partial charge in [-0.15, -0.1) is 0 Å². The third kappa shape index (κ3) is 4.21. The number of alkyl halides is 3. The second kappa shape index (κ2) is 8.82. The van der Waals surface area contributed by atoms with Crippen LogP contribution < -0.4 is 4.90 Å². The molecule has 0 saturated heterocycles. The van der Waals surface area contributed by atoms with Crippen molar-refractivity contribution in [1.29, 1.82) is 0 Å². The summed E-state index contributed by atoms with van der Waals surface area (Å²) in [7, 11) is 2.87. The Morgan fingerprint density at radius 1 is 1.09 bits per heavy atom. The first-order valence-electron chi connectivity index (χ1n) is 9.66. The second-order valence-electron chi connectivity index (χ2n) is 7.11. The predicted molar refractivity (Wildman–Crippen MR) is 115 cm³/mol. The molecule has 176 valence electrons. The van der Waals surface area contributed by atoms with E-state index in [9.17, 15) is 18.0 Å². The van der Waals surface area contributed by atoms with Crippen LogP contribution in [-0.2, 0) is 10.9 Å². The average Bonchev–Trinajstić information content (AvgIpc) is 3.31. The van der Waals surface area contributed by atoms with E-state index in [1.54, 1.807) is 18.9 Å². The summed E-state index contributed by atoms with van der Waals surface area (Å²) in [6.07, 6.45) is -1.12. The molecule has 0 spiro atoms. The van der Waals surface area contributed by atoms with Crippen LogP contribution in [0.1, 0.15) is 34.8 Å². The molecule has 4 aromatic rings. The Kier molecular flexibility index (Phi) is 6.04. The molecule has 0 aliphatic carbocycles. The van der Waals surface area contributed by atoms with Gasteiger partial charge in [0.25, 0.3) is 0 Å². The summed E-state index contributed by atoms with van der Waals surface area (Å²) in [6, 6.07) is 3.04. The summed E-state index contributed by atoms with van der Waals surface area (Å²) in [5.74, 6) is 0.179. The zero-order valence-electron chi connectivity index (χ0n) is 17.9. The highest BCUT2D eigenvalue weighted by Crippen LogP contribution is 2.39. The molecule has 0 radical (unpaired) electrons. The van der Waals surface area contributed by atoms with Gasteiger partial charge < -0.3 is 9.64 Å². The van der Waals surface area contributed by atoms with E-state index in [-0.39, 0.29) is 33.3 Å². The maximum atomic E-state index is 13.6. The van der Waals surface area contributed by atoms with Crippen molar-refractivity contribution in [2.24, 2.45) is 0 Å². The first-order valence-corrected chi connectivity index (χ1v) is 10.0. The van der Waals surface area contributed by atoms with E-state index in [1.807, 2.05) is 0 Å². The fourth-order valence-corrected chi connectivity index (χ4v) is 3.58. The Bertz CT molecular complexity index is 1380. The molecule has 1 aromatic carbocycles. The largest absolute Gasteiger partial charge is 0.464 e. The van der Waals surface area contributed by atoms with Crippen LogP contribution in [0.25, 0.3) is 16.7 Å². The molecule has 0 N–H and O–H groups in total. The smallest absolute Gasteiger partial charge is 0.418 e. The van der Waals surface area contributed by atoms with Crippen molar-refractivity contribution in [2.75, 3.05) is 19.1 Å². The summed E-state index contributed by atoms with van der Waals surface area (Å²) in [4.78, 5) is 33.8. The summed E-state index contributed by atoms with van der Waals surface area (Å²) < 4.78 is 46.8. The maximum absolute atomic E-state index is 13.6. The quantitative estimate of drug-likeness (QED) is 0.385. The molecule has 3 heterocycles. The Morgan fingerprint density at radius 3 is 2.53 bits per heavy atom. The molecule has 0 fully saturated rings. The van der Waals surface area contributed by atoms with E-state index < -0.39 is 23.8 Å². The van der Waals surface area contributed by atoms with Crippen LogP contribution in [0, 0.1) is 0 Å². The van der Waals surface area contributed by atoms with Crippen molar-refractivity contribution in [3.05, 3.63) is 59.3 Å². The van der Waals surface area contributed by atoms with Crippen LogP contribution in [0.4, 0.5) is 19.0 Å². The first-order chi connectivity index (χ1) is 16.1. The van der Waals surface area contributed by atoms with Crippen molar-refractivity contribution in [3.63, 3.8) is 0 Å². The van der Waals surface area contributed by atoms with Crippen molar-refractivity contribution in [2.45, 2.75) is 19.1 Å². The monoisotopic (exact) mass is 492 g/mol. The van der Waals surface area contributed by atoms with Gasteiger partial charge in [-0.1, -0.05) is 11.6 Å². The Hall–Kier alpha value is -3.87. The number of anilines is 1. The third-order valence-electron chi connectivity index (χ3n) is 5.11. The minimum atomic E-state index is -4.65. The molecule has 0 bridgehead atoms. The van der Waals surface area contributed by atoms with Gasteiger partial charge in [-0.2, -0.15) is 23.0 Å². The fourth-order valence-electron chi connectivity index (χ4n) is 3.36. The van der Waals surface area contributed by atoms with Gasteiger partial charge in [0.15, 0.2) is 17.3 Å². The Balaban J connectivity index is 1.77. The maximum Gasteiger partial charge on any atom is 0.418 e. The Morgan fingerprint density at radius 2 is 1.82 bits per heavy atom. The molecule has 0 unspecified atom stereocenters. The van der Waals surface area contributed by atoms with Crippen LogP contribution in [0.5, 0.6) is 0 Å². The van der Waals surface area contributed by atoms with E-state index in [4.69, 9.17) is 11.6 Å². The zero-order chi connectivity index (χ0) is 24.6. The lowest BCUT2D eigenvalue weighted by Crippen LogP contribution is -2.26. The van der Waals surface area contributed by atoms with E-state index >= 15 is 0 Å². The van der Waals surface area contributed by atoms with Gasteiger partial charge in [0.2, 0.25) is 0 Å². The number of methoxy groups -OCH3 is 1. The molecule has 3 aromatic heterocycles. The number of hydrogen-bond donors (Lipinski definition) is 0. The Labute approximate surface area is 195 Å². The highest BCUT2D eigenvalue weighted by molar-refractivity contribution is 6.31. The molecule has 10 nitrogen and oxygen atoms in total. The van der Waals surface area contributed by atoms with E-state index in [0.717, 1.165) is 12.4 Å². The van der Waals surface area contributed by atoms with Gasteiger partial charge in [-0.05, 0) is 19.1 Å². The molecule has 1 atom stereocenters. The second-order valence-corrected chi connectivity index (χ2v) is 7.55. The zero-order valence-corrected chi connectivity index (χ0v) is 18.7. The number of halogens is 4. The molecule has 14 heteroatoms. The number of fused-ring (bicyclic) bond motifs is 1. The van der Waals surface area contributed by atoms with Crippen molar-refractivity contribution in [1.82, 2.24) is 34.7 Å². The highest BCUT2D eigenvalue weighted by atomic mass is 35.5. The van der Waals surface area contributed by atoms with E-state index in [1.165, 1.54) is 36.6 Å². The standard InChI is InChI=1S/C20H16ClF3N8O2/c1-10(17-29-9-30-32(17)15-6-14(19(33)34-3)25-7-26-15)31(2)18-12-4-11(21)5-13(20(22,23)24)16(12)27-8-28-18/h4-10H,1-3H3/t10-/m0/s1. The molecule has 0 aliphatic rings. The molecule has 0 amide bonds. The molecule has 0 aliphatic heterocycles. The third-order valence-corrected chi connectivity index (χ3v) is 5.33. The lowest BCUT2D eigenvalue weighted by Gasteiger charge is -2.26. The van der Waals surface area contributed by atoms with Gasteiger partial charge in [0, 0.05) is 23.5 Å². The molecule has 0 saturated carbocycles. The van der Waals surface area contributed by atoms with Gasteiger partial charge >= 0.3 is 12.1 Å². The topological polar surface area (TPSA) is 112 Å². The lowest BCUT2D eigenvalue weighted by molar-refractivity contribution is -0.136. The van der Waals surface area contributed by atoms with E-state index in [2.05, 4.69) is 34.8 Å². The predicted octanol–water partition coefficient (Wildman–Crippen LogP) is 3.66. The van der Waals surface area contributed by atoms with Crippen LogP contribution >= 0.6 is 11.6 Å². The van der Waals surface area contributed by atoms with Crippen LogP contribution in [0.15, 0.2) is 37.2 Å². The minimum Gasteiger partial charge on any atom is -0.464 e. The molecule has 34 heavy (non-hydrogen) atoms. The summed E-state index contributed by atoms with van der Waals surface area (Å²) in [5.41, 5.74) is -1.22. The van der Waals surface area contributed by atoms with Crippen molar-refractivity contribution in [3.8, 4) is 5.82 Å². The number of esters is 1. The van der Waals surface area contributed by atoms with Crippen molar-refractivity contribution < 1.29 is 22.7 Å². The first kappa shape index (κ1) is 23.3. The number of ether oxygens (including phenoxy) is 1. The van der Waals surface area contributed by atoms with Gasteiger partial charge in [0.1, 0.15) is 24.8 Å². The number of carbonyl (C=O) groups excluding carboxylic acids is 1. The van der Waals surface area contributed by atoms with Crippen molar-refractivity contribution >= 4 is 34.3 Å². The summed E-state index contributed by atoms with van der Waals surface area (Å²) in [6.45, 7) is 1.76. The minimum absolute atomic E-state index is 0.0195. The SMILES string of the molecule is COC(=O)c1cc(-n2ncnc2[C@H](C)N(C)c2ncnc3c(C(F)(F)F)cc(Cl)cc23)ncn1. The average molecular weight is 493 g/mol. The van der Waals surface area contributed by atoms with Crippen LogP contribution in [-0.4, -0.2) is 54.8 Å². The normalized spacial score (nSPS) is 12.6. The number of rotatable bonds is 5. The number of aromatic nitrogens is 7. The number of hydrogen-bond acceptors (Lipinski definition) is 9. The van der Waals surface area contributed by atoms with Gasteiger partial charge in [-0.25, -0.2) is 29.7 Å². The van der Waals surface area contributed by atoms with Gasteiger partial charge in [-0.3, -0.25) is 0 Å². The number of benzene rings is 1. The summed E-state index contributed by atoms with van der Waals surface area (Å²) in [5, 5.41) is 4.19. The molecular formula is C20H16ClF3N8O2. The number of carbonyl (C=O) groups is 1. The lowest BCUT2D eigenvalue weighted by atomic mass is 10.1. The molecule has 4 rings (SSSR count). The highest BCUT2D eigenvalue weighted by Gasteiger charge is 2.35.